The van der Waals surface area contributed by atoms with Crippen LogP contribution in [-0.4, -0.2) is 27.8 Å². The molecular weight excluding hydrogens is 306 g/mol. The highest BCUT2D eigenvalue weighted by molar-refractivity contribution is 6.04. The van der Waals surface area contributed by atoms with Crippen LogP contribution in [0.1, 0.15) is 44.1 Å². The molecule has 3 amide bonds. The highest BCUT2D eigenvalue weighted by Crippen LogP contribution is 2.16. The van der Waals surface area contributed by atoms with Gasteiger partial charge in [-0.2, -0.15) is 5.10 Å². The molecule has 24 heavy (non-hydrogen) atoms. The van der Waals surface area contributed by atoms with Gasteiger partial charge in [-0.25, -0.2) is 9.48 Å². The Hall–Kier alpha value is -2.83. The fourth-order valence-corrected chi connectivity index (χ4v) is 2.18. The van der Waals surface area contributed by atoms with Crippen molar-refractivity contribution in [2.24, 2.45) is 0 Å². The third kappa shape index (κ3) is 4.58. The van der Waals surface area contributed by atoms with Gasteiger partial charge in [-0.3, -0.25) is 4.79 Å². The molecule has 128 valence electrons. The van der Waals surface area contributed by atoms with Gasteiger partial charge in [0.1, 0.15) is 5.82 Å². The van der Waals surface area contributed by atoms with Crippen LogP contribution in [0.15, 0.2) is 36.5 Å². The number of urea groups is 1. The second-order valence-electron chi connectivity index (χ2n) is 6.04. The third-order valence-electron chi connectivity index (χ3n) is 3.20. The molecule has 1 heterocycles. The quantitative estimate of drug-likeness (QED) is 0.787. The number of nitrogens with zero attached hydrogens (tertiary/aromatic N) is 2. The first-order chi connectivity index (χ1) is 11.4. The first-order valence-electron chi connectivity index (χ1n) is 7.89. The van der Waals surface area contributed by atoms with Gasteiger partial charge in [0.05, 0.1) is 6.20 Å². The Balaban J connectivity index is 2.09. The Bertz CT molecular complexity index is 721. The summed E-state index contributed by atoms with van der Waals surface area (Å²) in [7, 11) is 0. The molecule has 0 saturated heterocycles. The van der Waals surface area contributed by atoms with E-state index < -0.39 is 0 Å². The van der Waals surface area contributed by atoms with Crippen LogP contribution < -0.4 is 16.0 Å². The molecule has 0 bridgehead atoms. The summed E-state index contributed by atoms with van der Waals surface area (Å²) in [4.78, 5) is 24.2. The standard InChI is InChI=1S/C17H23N5O2/c1-11(2)19-17(24)20-14-7-5-6-13(10-14)16(23)21-15-8-9-18-22(15)12(3)4/h5-12H,1-4H3,(H,21,23)(H2,19,20,24). The van der Waals surface area contributed by atoms with Crippen LogP contribution in [0.4, 0.5) is 16.3 Å². The fourth-order valence-electron chi connectivity index (χ4n) is 2.18. The summed E-state index contributed by atoms with van der Waals surface area (Å²) >= 11 is 0. The second-order valence-corrected chi connectivity index (χ2v) is 6.04. The van der Waals surface area contributed by atoms with Gasteiger partial charge in [-0.1, -0.05) is 6.07 Å². The minimum atomic E-state index is -0.305. The molecule has 1 aromatic carbocycles. The summed E-state index contributed by atoms with van der Waals surface area (Å²) in [5.41, 5.74) is 1.01. The number of carbonyl (C=O) groups is 2. The van der Waals surface area contributed by atoms with E-state index in [-0.39, 0.29) is 24.0 Å². The number of anilines is 2. The summed E-state index contributed by atoms with van der Waals surface area (Å²) in [6.07, 6.45) is 1.64. The molecule has 0 saturated carbocycles. The summed E-state index contributed by atoms with van der Waals surface area (Å²) in [6.45, 7) is 7.73. The Morgan fingerprint density at radius 2 is 1.83 bits per heavy atom. The van der Waals surface area contributed by atoms with Crippen molar-refractivity contribution in [3.8, 4) is 0 Å². The molecule has 7 nitrogen and oxygen atoms in total. The van der Waals surface area contributed by atoms with Gasteiger partial charge in [0, 0.05) is 29.4 Å². The number of rotatable bonds is 5. The van der Waals surface area contributed by atoms with Crippen molar-refractivity contribution in [2.45, 2.75) is 39.8 Å². The molecular formula is C17H23N5O2. The lowest BCUT2D eigenvalue weighted by atomic mass is 10.2. The monoisotopic (exact) mass is 329 g/mol. The van der Waals surface area contributed by atoms with Crippen LogP contribution >= 0.6 is 0 Å². The van der Waals surface area contributed by atoms with Crippen molar-refractivity contribution >= 4 is 23.4 Å². The maximum absolute atomic E-state index is 12.4. The van der Waals surface area contributed by atoms with Crippen molar-refractivity contribution in [1.29, 1.82) is 0 Å². The van der Waals surface area contributed by atoms with E-state index in [0.29, 0.717) is 17.1 Å². The summed E-state index contributed by atoms with van der Waals surface area (Å²) in [5.74, 6) is 0.372. The van der Waals surface area contributed by atoms with Gasteiger partial charge < -0.3 is 16.0 Å². The predicted octanol–water partition coefficient (Wildman–Crippen LogP) is 3.25. The Labute approximate surface area is 141 Å². The minimum Gasteiger partial charge on any atom is -0.336 e. The summed E-state index contributed by atoms with van der Waals surface area (Å²) in [5, 5.41) is 12.5. The van der Waals surface area contributed by atoms with Gasteiger partial charge in [0.15, 0.2) is 0 Å². The Morgan fingerprint density at radius 3 is 2.50 bits per heavy atom. The van der Waals surface area contributed by atoms with Crippen molar-refractivity contribution in [1.82, 2.24) is 15.1 Å². The van der Waals surface area contributed by atoms with E-state index in [2.05, 4.69) is 21.0 Å². The lowest BCUT2D eigenvalue weighted by Crippen LogP contribution is -2.34. The van der Waals surface area contributed by atoms with E-state index in [9.17, 15) is 9.59 Å². The Kier molecular flexibility index (Phi) is 5.57. The van der Waals surface area contributed by atoms with Crippen molar-refractivity contribution in [2.75, 3.05) is 10.6 Å². The van der Waals surface area contributed by atoms with Crippen molar-refractivity contribution < 1.29 is 9.59 Å². The van der Waals surface area contributed by atoms with E-state index in [1.54, 1.807) is 41.2 Å². The van der Waals surface area contributed by atoms with Crippen LogP contribution in [0, 0.1) is 0 Å². The van der Waals surface area contributed by atoms with E-state index in [4.69, 9.17) is 0 Å². The number of aromatic nitrogens is 2. The fraction of sp³-hybridized carbons (Fsp3) is 0.353. The average Bonchev–Trinajstić information content (AvgIpc) is 2.94. The lowest BCUT2D eigenvalue weighted by Gasteiger charge is -2.13. The van der Waals surface area contributed by atoms with E-state index in [1.165, 1.54) is 0 Å². The van der Waals surface area contributed by atoms with Crippen LogP contribution in [0.3, 0.4) is 0 Å². The average molecular weight is 329 g/mol. The SMILES string of the molecule is CC(C)NC(=O)Nc1cccc(C(=O)Nc2ccnn2C(C)C)c1. The summed E-state index contributed by atoms with van der Waals surface area (Å²) in [6, 6.07) is 8.39. The smallest absolute Gasteiger partial charge is 0.319 e. The van der Waals surface area contributed by atoms with Gasteiger partial charge >= 0.3 is 6.03 Å². The molecule has 3 N–H and O–H groups in total. The molecule has 0 aliphatic carbocycles. The van der Waals surface area contributed by atoms with Crippen LogP contribution in [0.25, 0.3) is 0 Å². The zero-order valence-electron chi connectivity index (χ0n) is 14.3. The molecule has 2 rings (SSSR count). The minimum absolute atomic E-state index is 0.0350. The molecule has 0 atom stereocenters. The normalized spacial score (nSPS) is 10.8. The molecule has 0 spiro atoms. The number of carbonyl (C=O) groups excluding carboxylic acids is 2. The van der Waals surface area contributed by atoms with Crippen LogP contribution in [0.2, 0.25) is 0 Å². The molecule has 0 fully saturated rings. The third-order valence-corrected chi connectivity index (χ3v) is 3.20. The molecule has 0 radical (unpaired) electrons. The van der Waals surface area contributed by atoms with Crippen LogP contribution in [0.5, 0.6) is 0 Å². The first kappa shape index (κ1) is 17.5. The number of amides is 3. The van der Waals surface area contributed by atoms with Crippen LogP contribution in [-0.2, 0) is 0 Å². The molecule has 2 aromatic rings. The van der Waals surface area contributed by atoms with Crippen molar-refractivity contribution in [3.63, 3.8) is 0 Å². The highest BCUT2D eigenvalue weighted by atomic mass is 16.2. The number of nitrogens with one attached hydrogen (secondary N) is 3. The predicted molar refractivity (Wildman–Crippen MR) is 94.3 cm³/mol. The highest BCUT2D eigenvalue weighted by Gasteiger charge is 2.12. The van der Waals surface area contributed by atoms with Gasteiger partial charge in [-0.15, -0.1) is 0 Å². The maximum Gasteiger partial charge on any atom is 0.319 e. The van der Waals surface area contributed by atoms with Gasteiger partial charge in [0.2, 0.25) is 0 Å². The number of hydrogen-bond donors (Lipinski definition) is 3. The zero-order chi connectivity index (χ0) is 17.7. The maximum atomic E-state index is 12.4. The molecule has 0 aliphatic heterocycles. The zero-order valence-corrected chi connectivity index (χ0v) is 14.3. The number of hydrogen-bond acceptors (Lipinski definition) is 3. The van der Waals surface area contributed by atoms with E-state index in [0.717, 1.165) is 0 Å². The summed E-state index contributed by atoms with van der Waals surface area (Å²) < 4.78 is 1.73. The van der Waals surface area contributed by atoms with Gasteiger partial charge in [-0.05, 0) is 45.9 Å². The Morgan fingerprint density at radius 1 is 1.08 bits per heavy atom. The second kappa shape index (κ2) is 7.63. The van der Waals surface area contributed by atoms with Gasteiger partial charge in [0.25, 0.3) is 5.91 Å². The topological polar surface area (TPSA) is 88.1 Å². The molecule has 0 aliphatic rings. The molecule has 7 heteroatoms. The number of benzene rings is 1. The first-order valence-corrected chi connectivity index (χ1v) is 7.89. The lowest BCUT2D eigenvalue weighted by molar-refractivity contribution is 0.102. The van der Waals surface area contributed by atoms with E-state index in [1.807, 2.05) is 27.7 Å². The van der Waals surface area contributed by atoms with Crippen molar-refractivity contribution in [3.05, 3.63) is 42.1 Å². The van der Waals surface area contributed by atoms with E-state index >= 15 is 0 Å². The molecule has 1 aromatic heterocycles. The largest absolute Gasteiger partial charge is 0.336 e. The molecule has 0 unspecified atom stereocenters.